The maximum Gasteiger partial charge on any atom is 0.251 e. The first-order chi connectivity index (χ1) is 16.1. The van der Waals surface area contributed by atoms with E-state index >= 15 is 0 Å². The van der Waals surface area contributed by atoms with Gasteiger partial charge in [-0.15, -0.1) is 0 Å². The van der Waals surface area contributed by atoms with Gasteiger partial charge < -0.3 is 10.6 Å². The van der Waals surface area contributed by atoms with Crippen molar-refractivity contribution >= 4 is 29.0 Å². The molecule has 0 aliphatic heterocycles. The van der Waals surface area contributed by atoms with Crippen LogP contribution in [0, 0.1) is 6.92 Å². The number of rotatable bonds is 11. The van der Waals surface area contributed by atoms with E-state index in [1.54, 1.807) is 13.2 Å². The summed E-state index contributed by atoms with van der Waals surface area (Å²) in [5.41, 5.74) is 3.64. The first-order valence-corrected chi connectivity index (χ1v) is 11.5. The zero-order chi connectivity index (χ0) is 23.5. The van der Waals surface area contributed by atoms with Crippen molar-refractivity contribution in [3.8, 4) is 0 Å². The molecule has 6 heteroatoms. The molecule has 3 aromatic rings. The van der Waals surface area contributed by atoms with Gasteiger partial charge in [-0.05, 0) is 67.8 Å². The molecule has 6 nitrogen and oxygen atoms in total. The lowest BCUT2D eigenvalue weighted by Crippen LogP contribution is -2.24. The molecule has 0 bridgehead atoms. The molecular weight excluding hydrogens is 412 g/mol. The maximum absolute atomic E-state index is 12.5. The SMILES string of the molecule is CNC(=O)CCCCCCNC(=O)c1ccc(N(c2ccccc2)c2ncccc2C)cc1. The second-order valence-corrected chi connectivity index (χ2v) is 7.96. The van der Waals surface area contributed by atoms with Gasteiger partial charge in [0, 0.05) is 43.1 Å². The number of nitrogens with zero attached hydrogens (tertiary/aromatic N) is 2. The van der Waals surface area contributed by atoms with Crippen molar-refractivity contribution in [3.05, 3.63) is 84.1 Å². The molecule has 2 aromatic carbocycles. The van der Waals surface area contributed by atoms with Crippen LogP contribution >= 0.6 is 0 Å². The molecule has 0 saturated carbocycles. The Morgan fingerprint density at radius 1 is 0.848 bits per heavy atom. The smallest absolute Gasteiger partial charge is 0.251 e. The molecule has 2 N–H and O–H groups in total. The number of aromatic nitrogens is 1. The Kier molecular flexibility index (Phi) is 9.00. The van der Waals surface area contributed by atoms with Crippen LogP contribution in [-0.2, 0) is 4.79 Å². The van der Waals surface area contributed by atoms with Gasteiger partial charge >= 0.3 is 0 Å². The standard InChI is InChI=1S/C27H32N4O2/c1-21-11-10-20-29-26(21)31(23-12-6-5-7-13-23)24-17-15-22(16-18-24)27(33)30-19-9-4-3-8-14-25(32)28-2/h5-7,10-13,15-18,20H,3-4,8-9,14,19H2,1-2H3,(H,28,32)(H,30,33). The molecule has 0 atom stereocenters. The molecule has 0 radical (unpaired) electrons. The fourth-order valence-electron chi connectivity index (χ4n) is 3.64. The molecule has 0 aliphatic rings. The zero-order valence-corrected chi connectivity index (χ0v) is 19.4. The molecule has 172 valence electrons. The molecular formula is C27H32N4O2. The highest BCUT2D eigenvalue weighted by Crippen LogP contribution is 2.34. The number of unbranched alkanes of at least 4 members (excludes halogenated alkanes) is 3. The van der Waals surface area contributed by atoms with Crippen LogP contribution in [-0.4, -0.2) is 30.4 Å². The summed E-state index contributed by atoms with van der Waals surface area (Å²) in [4.78, 5) is 30.5. The molecule has 0 spiro atoms. The lowest BCUT2D eigenvalue weighted by Gasteiger charge is -2.25. The van der Waals surface area contributed by atoms with Gasteiger partial charge in [0.15, 0.2) is 0 Å². The van der Waals surface area contributed by atoms with Crippen LogP contribution in [0.4, 0.5) is 17.2 Å². The number of hydrogen-bond acceptors (Lipinski definition) is 4. The Bertz CT molecular complexity index is 1040. The van der Waals surface area contributed by atoms with Crippen LogP contribution in [0.15, 0.2) is 72.9 Å². The Morgan fingerprint density at radius 2 is 1.55 bits per heavy atom. The third-order valence-corrected chi connectivity index (χ3v) is 5.49. The van der Waals surface area contributed by atoms with E-state index in [-0.39, 0.29) is 11.8 Å². The number of pyridine rings is 1. The number of anilines is 3. The Labute approximate surface area is 196 Å². The molecule has 33 heavy (non-hydrogen) atoms. The summed E-state index contributed by atoms with van der Waals surface area (Å²) in [6.45, 7) is 2.67. The zero-order valence-electron chi connectivity index (χ0n) is 19.4. The van der Waals surface area contributed by atoms with Crippen molar-refractivity contribution in [1.82, 2.24) is 15.6 Å². The average Bonchev–Trinajstić information content (AvgIpc) is 2.85. The van der Waals surface area contributed by atoms with Crippen molar-refractivity contribution in [2.45, 2.75) is 39.0 Å². The third-order valence-electron chi connectivity index (χ3n) is 5.49. The predicted octanol–water partition coefficient (Wildman–Crippen LogP) is 5.29. The quantitative estimate of drug-likeness (QED) is 0.394. The van der Waals surface area contributed by atoms with Gasteiger partial charge in [0.1, 0.15) is 5.82 Å². The summed E-state index contributed by atoms with van der Waals surface area (Å²) in [5, 5.41) is 5.62. The van der Waals surface area contributed by atoms with Crippen molar-refractivity contribution in [2.24, 2.45) is 0 Å². The molecule has 0 saturated heterocycles. The summed E-state index contributed by atoms with van der Waals surface area (Å²) in [6, 6.07) is 21.7. The lowest BCUT2D eigenvalue weighted by atomic mass is 10.1. The molecule has 3 rings (SSSR count). The van der Waals surface area contributed by atoms with Crippen LogP contribution in [0.3, 0.4) is 0 Å². The summed E-state index contributed by atoms with van der Waals surface area (Å²) in [5.74, 6) is 0.861. The number of amides is 2. The van der Waals surface area contributed by atoms with E-state index in [4.69, 9.17) is 0 Å². The Balaban J connectivity index is 1.60. The van der Waals surface area contributed by atoms with Gasteiger partial charge in [0.05, 0.1) is 0 Å². The number of hydrogen-bond donors (Lipinski definition) is 2. The number of carbonyl (C=O) groups is 2. The predicted molar refractivity (Wildman–Crippen MR) is 133 cm³/mol. The summed E-state index contributed by atoms with van der Waals surface area (Å²) >= 11 is 0. The number of nitrogens with one attached hydrogen (secondary N) is 2. The second kappa shape index (κ2) is 12.4. The van der Waals surface area contributed by atoms with Gasteiger partial charge in [-0.2, -0.15) is 0 Å². The van der Waals surface area contributed by atoms with E-state index < -0.39 is 0 Å². The van der Waals surface area contributed by atoms with Crippen LogP contribution in [0.5, 0.6) is 0 Å². The topological polar surface area (TPSA) is 74.3 Å². The van der Waals surface area contributed by atoms with Crippen LogP contribution in [0.1, 0.15) is 48.0 Å². The first-order valence-electron chi connectivity index (χ1n) is 11.5. The van der Waals surface area contributed by atoms with Gasteiger partial charge in [-0.1, -0.05) is 37.1 Å². The lowest BCUT2D eigenvalue weighted by molar-refractivity contribution is -0.120. The Hall–Kier alpha value is -3.67. The van der Waals surface area contributed by atoms with E-state index in [0.717, 1.165) is 48.4 Å². The van der Waals surface area contributed by atoms with Crippen LogP contribution in [0.25, 0.3) is 0 Å². The molecule has 0 aliphatic carbocycles. The molecule has 2 amide bonds. The summed E-state index contributed by atoms with van der Waals surface area (Å²) < 4.78 is 0. The van der Waals surface area contributed by atoms with E-state index in [1.165, 1.54) is 0 Å². The van der Waals surface area contributed by atoms with Crippen LogP contribution in [0.2, 0.25) is 0 Å². The minimum atomic E-state index is -0.0767. The highest BCUT2D eigenvalue weighted by atomic mass is 16.2. The highest BCUT2D eigenvalue weighted by molar-refractivity contribution is 5.94. The molecule has 1 aromatic heterocycles. The van der Waals surface area contributed by atoms with Gasteiger partial charge in [0.2, 0.25) is 5.91 Å². The summed E-state index contributed by atoms with van der Waals surface area (Å²) in [7, 11) is 1.66. The van der Waals surface area contributed by atoms with Crippen molar-refractivity contribution in [2.75, 3.05) is 18.5 Å². The molecule has 0 fully saturated rings. The normalized spacial score (nSPS) is 10.5. The fourth-order valence-corrected chi connectivity index (χ4v) is 3.64. The van der Waals surface area contributed by atoms with Crippen molar-refractivity contribution < 1.29 is 9.59 Å². The minimum absolute atomic E-state index is 0.0767. The first kappa shape index (κ1) is 24.0. The monoisotopic (exact) mass is 444 g/mol. The van der Waals surface area contributed by atoms with Crippen molar-refractivity contribution in [3.63, 3.8) is 0 Å². The fraction of sp³-hybridized carbons (Fsp3) is 0.296. The molecule has 0 unspecified atom stereocenters. The van der Waals surface area contributed by atoms with E-state index in [0.29, 0.717) is 18.5 Å². The van der Waals surface area contributed by atoms with E-state index in [1.807, 2.05) is 73.7 Å². The van der Waals surface area contributed by atoms with Crippen LogP contribution < -0.4 is 15.5 Å². The summed E-state index contributed by atoms with van der Waals surface area (Å²) in [6.07, 6.45) is 6.11. The number of para-hydroxylation sites is 1. The van der Waals surface area contributed by atoms with E-state index in [2.05, 4.69) is 20.5 Å². The van der Waals surface area contributed by atoms with E-state index in [9.17, 15) is 9.59 Å². The van der Waals surface area contributed by atoms with Gasteiger partial charge in [-0.25, -0.2) is 4.98 Å². The van der Waals surface area contributed by atoms with Gasteiger partial charge in [-0.3, -0.25) is 14.5 Å². The van der Waals surface area contributed by atoms with Crippen molar-refractivity contribution in [1.29, 1.82) is 0 Å². The number of aryl methyl sites for hydroxylation is 1. The average molecular weight is 445 g/mol. The second-order valence-electron chi connectivity index (χ2n) is 7.96. The largest absolute Gasteiger partial charge is 0.359 e. The number of carbonyl (C=O) groups excluding carboxylic acids is 2. The minimum Gasteiger partial charge on any atom is -0.359 e. The highest BCUT2D eigenvalue weighted by Gasteiger charge is 2.16. The third kappa shape index (κ3) is 6.91. The van der Waals surface area contributed by atoms with Gasteiger partial charge in [0.25, 0.3) is 5.91 Å². The number of benzene rings is 2. The maximum atomic E-state index is 12.5. The Morgan fingerprint density at radius 3 is 2.24 bits per heavy atom. The molecule has 1 heterocycles.